The molecule has 0 spiro atoms. The summed E-state index contributed by atoms with van der Waals surface area (Å²) in [6.07, 6.45) is 0. The highest BCUT2D eigenvalue weighted by Gasteiger charge is 2.58. The van der Waals surface area contributed by atoms with Crippen molar-refractivity contribution in [2.75, 3.05) is 13.6 Å². The zero-order valence-corrected chi connectivity index (χ0v) is 12.7. The first-order valence-electron chi connectivity index (χ1n) is 6.53. The quantitative estimate of drug-likeness (QED) is 0.856. The van der Waals surface area contributed by atoms with E-state index in [1.54, 1.807) is 4.88 Å². The van der Waals surface area contributed by atoms with Crippen LogP contribution in [0.15, 0.2) is 12.1 Å². The molecule has 0 saturated heterocycles. The molecular weight excluding hydrogens is 226 g/mol. The van der Waals surface area contributed by atoms with E-state index in [0.29, 0.717) is 10.8 Å². The van der Waals surface area contributed by atoms with Gasteiger partial charge < -0.3 is 5.32 Å². The second-order valence-electron chi connectivity index (χ2n) is 6.92. The Morgan fingerprint density at radius 2 is 1.94 bits per heavy atom. The Kier molecular flexibility index (Phi) is 3.16. The number of rotatable bonds is 3. The molecule has 1 aromatic rings. The number of nitrogens with one attached hydrogen (secondary N) is 1. The van der Waals surface area contributed by atoms with Gasteiger partial charge in [0.1, 0.15) is 0 Å². The molecule has 2 atom stereocenters. The van der Waals surface area contributed by atoms with E-state index in [-0.39, 0.29) is 0 Å². The third kappa shape index (κ3) is 2.30. The third-order valence-corrected chi connectivity index (χ3v) is 5.74. The van der Waals surface area contributed by atoms with Crippen molar-refractivity contribution in [3.8, 4) is 0 Å². The molecule has 2 heteroatoms. The second-order valence-corrected chi connectivity index (χ2v) is 8.03. The van der Waals surface area contributed by atoms with E-state index < -0.39 is 0 Å². The fraction of sp³-hybridized carbons (Fsp3) is 0.733. The minimum Gasteiger partial charge on any atom is -0.319 e. The van der Waals surface area contributed by atoms with Crippen LogP contribution in [0.5, 0.6) is 0 Å². The van der Waals surface area contributed by atoms with Crippen LogP contribution in [0, 0.1) is 11.3 Å². The first-order chi connectivity index (χ1) is 7.78. The molecule has 0 bridgehead atoms. The molecule has 1 aliphatic rings. The zero-order chi connectivity index (χ0) is 12.8. The van der Waals surface area contributed by atoms with Gasteiger partial charge in [-0.15, -0.1) is 11.3 Å². The van der Waals surface area contributed by atoms with Crippen molar-refractivity contribution in [1.29, 1.82) is 0 Å². The highest BCUT2D eigenvalue weighted by atomic mass is 32.1. The van der Waals surface area contributed by atoms with Crippen LogP contribution in [0.25, 0.3) is 0 Å². The molecule has 96 valence electrons. The summed E-state index contributed by atoms with van der Waals surface area (Å²) in [7, 11) is 2.06. The Balaban J connectivity index is 2.17. The van der Waals surface area contributed by atoms with Crippen molar-refractivity contribution >= 4 is 11.3 Å². The predicted octanol–water partition coefficient (Wildman–Crippen LogP) is 4.00. The lowest BCUT2D eigenvalue weighted by molar-refractivity contribution is 0.537. The first kappa shape index (κ1) is 13.1. The third-order valence-electron chi connectivity index (χ3n) is 4.15. The predicted molar refractivity (Wildman–Crippen MR) is 77.0 cm³/mol. The second kappa shape index (κ2) is 4.10. The largest absolute Gasteiger partial charge is 0.319 e. The molecule has 0 radical (unpaired) electrons. The normalized spacial score (nSPS) is 27.2. The van der Waals surface area contributed by atoms with Gasteiger partial charge in [-0.2, -0.15) is 0 Å². The minimum absolute atomic E-state index is 0.292. The molecule has 2 unspecified atom stereocenters. The van der Waals surface area contributed by atoms with Gasteiger partial charge in [-0.3, -0.25) is 0 Å². The topological polar surface area (TPSA) is 12.0 Å². The molecule has 1 aromatic heterocycles. The summed E-state index contributed by atoms with van der Waals surface area (Å²) in [6.45, 7) is 12.8. The maximum absolute atomic E-state index is 3.33. The van der Waals surface area contributed by atoms with Gasteiger partial charge in [0.25, 0.3) is 0 Å². The van der Waals surface area contributed by atoms with Gasteiger partial charge in [-0.25, -0.2) is 0 Å². The summed E-state index contributed by atoms with van der Waals surface area (Å²) in [6, 6.07) is 4.68. The number of hydrogen-bond acceptors (Lipinski definition) is 2. The van der Waals surface area contributed by atoms with Crippen molar-refractivity contribution in [3.05, 3.63) is 21.9 Å². The summed E-state index contributed by atoms with van der Waals surface area (Å²) >= 11 is 2.01. The van der Waals surface area contributed by atoms with Crippen LogP contribution >= 0.6 is 11.3 Å². The van der Waals surface area contributed by atoms with Crippen LogP contribution < -0.4 is 5.32 Å². The van der Waals surface area contributed by atoms with Crippen LogP contribution in [-0.4, -0.2) is 13.6 Å². The van der Waals surface area contributed by atoms with Gasteiger partial charge in [0.2, 0.25) is 0 Å². The molecule has 1 saturated carbocycles. The lowest BCUT2D eigenvalue weighted by atomic mass is 9.95. The average Bonchev–Trinajstić information content (AvgIpc) is 2.64. The van der Waals surface area contributed by atoms with Crippen molar-refractivity contribution in [1.82, 2.24) is 5.32 Å². The number of hydrogen-bond donors (Lipinski definition) is 1. The Labute approximate surface area is 110 Å². The lowest BCUT2D eigenvalue weighted by Crippen LogP contribution is -2.12. The smallest absolute Gasteiger partial charge is 0.0102 e. The van der Waals surface area contributed by atoms with Gasteiger partial charge in [-0.05, 0) is 42.5 Å². The van der Waals surface area contributed by atoms with E-state index in [2.05, 4.69) is 59.1 Å². The van der Waals surface area contributed by atoms with E-state index in [1.165, 1.54) is 4.88 Å². The van der Waals surface area contributed by atoms with Gasteiger partial charge in [0.15, 0.2) is 0 Å². The first-order valence-corrected chi connectivity index (χ1v) is 7.35. The molecular formula is C15H25NS. The van der Waals surface area contributed by atoms with Crippen molar-refractivity contribution in [3.63, 3.8) is 0 Å². The van der Waals surface area contributed by atoms with Crippen LogP contribution in [0.1, 0.15) is 50.3 Å². The Bertz CT molecular complexity index is 397. The summed E-state index contributed by atoms with van der Waals surface area (Å²) in [5, 5.41) is 3.33. The van der Waals surface area contributed by atoms with Crippen molar-refractivity contribution < 1.29 is 0 Å². The van der Waals surface area contributed by atoms with Crippen LogP contribution in [0.3, 0.4) is 0 Å². The van der Waals surface area contributed by atoms with Crippen LogP contribution in [-0.2, 0) is 5.41 Å². The molecule has 1 aliphatic carbocycles. The fourth-order valence-electron chi connectivity index (χ4n) is 2.83. The molecule has 1 fully saturated rings. The minimum atomic E-state index is 0.292. The van der Waals surface area contributed by atoms with Crippen LogP contribution in [0.4, 0.5) is 0 Å². The molecule has 1 heterocycles. The fourth-order valence-corrected chi connectivity index (χ4v) is 4.26. The van der Waals surface area contributed by atoms with Gasteiger partial charge >= 0.3 is 0 Å². The molecule has 0 aliphatic heterocycles. The highest BCUT2D eigenvalue weighted by molar-refractivity contribution is 7.12. The Morgan fingerprint density at radius 1 is 1.29 bits per heavy atom. The molecule has 0 aromatic carbocycles. The average molecular weight is 251 g/mol. The van der Waals surface area contributed by atoms with E-state index in [0.717, 1.165) is 18.4 Å². The van der Waals surface area contributed by atoms with E-state index in [4.69, 9.17) is 0 Å². The van der Waals surface area contributed by atoms with E-state index in [1.807, 2.05) is 11.3 Å². The van der Waals surface area contributed by atoms with Crippen molar-refractivity contribution in [2.45, 2.75) is 46.0 Å². The van der Waals surface area contributed by atoms with Crippen LogP contribution in [0.2, 0.25) is 0 Å². The van der Waals surface area contributed by atoms with Gasteiger partial charge in [0.05, 0.1) is 0 Å². The maximum Gasteiger partial charge on any atom is 0.0102 e. The summed E-state index contributed by atoms with van der Waals surface area (Å²) in [4.78, 5) is 3.10. The summed E-state index contributed by atoms with van der Waals surface area (Å²) < 4.78 is 0. The standard InChI is InChI=1S/C15H25NS/c1-14(2,3)12-8-7-11(17-12)13-10(9-16-6)15(13,4)5/h7-8,10,13,16H,9H2,1-6H3. The molecule has 0 amide bonds. The Hall–Kier alpha value is -0.340. The zero-order valence-electron chi connectivity index (χ0n) is 11.9. The monoisotopic (exact) mass is 251 g/mol. The van der Waals surface area contributed by atoms with E-state index >= 15 is 0 Å². The lowest BCUT2D eigenvalue weighted by Gasteiger charge is -2.15. The molecule has 17 heavy (non-hydrogen) atoms. The van der Waals surface area contributed by atoms with Gasteiger partial charge in [0, 0.05) is 15.7 Å². The maximum atomic E-state index is 3.33. The number of thiophene rings is 1. The van der Waals surface area contributed by atoms with E-state index in [9.17, 15) is 0 Å². The Morgan fingerprint density at radius 3 is 2.41 bits per heavy atom. The summed E-state index contributed by atoms with van der Waals surface area (Å²) in [5.41, 5.74) is 0.767. The SMILES string of the molecule is CNCC1C(c2ccc(C(C)(C)C)s2)C1(C)C. The van der Waals surface area contributed by atoms with Crippen molar-refractivity contribution in [2.24, 2.45) is 11.3 Å². The highest BCUT2D eigenvalue weighted by Crippen LogP contribution is 2.65. The molecule has 1 N–H and O–H groups in total. The van der Waals surface area contributed by atoms with Gasteiger partial charge in [-0.1, -0.05) is 34.6 Å². The molecule has 2 rings (SSSR count). The summed E-state index contributed by atoms with van der Waals surface area (Å²) in [5.74, 6) is 1.56. The molecule has 1 nitrogen and oxygen atoms in total.